The fourth-order valence-corrected chi connectivity index (χ4v) is 6.57. The molecule has 2 amide bonds. The van der Waals surface area contributed by atoms with Crippen LogP contribution in [0.2, 0.25) is 0 Å². The Morgan fingerprint density at radius 3 is 1.98 bits per heavy atom. The highest BCUT2D eigenvalue weighted by Crippen LogP contribution is 2.29. The summed E-state index contributed by atoms with van der Waals surface area (Å²) in [6.45, 7) is 5.97. The van der Waals surface area contributed by atoms with Crippen LogP contribution in [0.5, 0.6) is 0 Å². The molecule has 0 aliphatic rings. The van der Waals surface area contributed by atoms with E-state index in [0.717, 1.165) is 35.1 Å². The van der Waals surface area contributed by atoms with E-state index in [-0.39, 0.29) is 23.8 Å². The summed E-state index contributed by atoms with van der Waals surface area (Å²) in [5.74, 6) is -0.739. The molecule has 230 valence electrons. The van der Waals surface area contributed by atoms with Gasteiger partial charge in [0.05, 0.1) is 10.6 Å². The second kappa shape index (κ2) is 15.3. The number of hydrogen-bond donors (Lipinski definition) is 1. The minimum absolute atomic E-state index is 0.0847. The summed E-state index contributed by atoms with van der Waals surface area (Å²) in [5, 5.41) is 3.02. The summed E-state index contributed by atoms with van der Waals surface area (Å²) in [5.41, 5.74) is 3.82. The first-order valence-electron chi connectivity index (χ1n) is 15.0. The first-order chi connectivity index (χ1) is 21.2. The van der Waals surface area contributed by atoms with Crippen LogP contribution < -0.4 is 9.62 Å². The summed E-state index contributed by atoms with van der Waals surface area (Å²) in [6, 6.07) is 31.7. The minimum Gasteiger partial charge on any atom is -0.354 e. The van der Waals surface area contributed by atoms with Crippen molar-refractivity contribution >= 4 is 27.5 Å². The normalized spacial score (nSPS) is 11.9. The van der Waals surface area contributed by atoms with Crippen LogP contribution >= 0.6 is 0 Å². The maximum absolute atomic E-state index is 14.5. The first kappa shape index (κ1) is 32.5. The minimum atomic E-state index is -4.13. The number of benzene rings is 4. The van der Waals surface area contributed by atoms with Crippen molar-refractivity contribution in [2.45, 2.75) is 57.5 Å². The molecule has 1 atom stereocenters. The molecule has 4 aromatic rings. The predicted molar refractivity (Wildman–Crippen MR) is 176 cm³/mol. The summed E-state index contributed by atoms with van der Waals surface area (Å²) in [6.07, 6.45) is 2.01. The molecule has 0 saturated carbocycles. The lowest BCUT2D eigenvalue weighted by Gasteiger charge is -2.34. The molecule has 0 saturated heterocycles. The van der Waals surface area contributed by atoms with Crippen molar-refractivity contribution in [3.8, 4) is 0 Å². The zero-order chi connectivity index (χ0) is 31.5. The number of nitrogens with zero attached hydrogens (tertiary/aromatic N) is 2. The summed E-state index contributed by atoms with van der Waals surface area (Å²) in [7, 11) is -4.13. The molecule has 0 fully saturated rings. The smallest absolute Gasteiger partial charge is 0.264 e. The number of aryl methyl sites for hydroxylation is 1. The van der Waals surface area contributed by atoms with Crippen LogP contribution in [0.3, 0.4) is 0 Å². The number of hydrogen-bond acceptors (Lipinski definition) is 4. The first-order valence-corrected chi connectivity index (χ1v) is 16.5. The van der Waals surface area contributed by atoms with E-state index in [1.165, 1.54) is 21.3 Å². The summed E-state index contributed by atoms with van der Waals surface area (Å²) in [4.78, 5) is 29.9. The number of unbranched alkanes of at least 4 members (excludes halogenated alkanes) is 1. The van der Waals surface area contributed by atoms with Gasteiger partial charge < -0.3 is 10.2 Å². The number of rotatable bonds is 14. The highest BCUT2D eigenvalue weighted by Gasteiger charge is 2.35. The van der Waals surface area contributed by atoms with Gasteiger partial charge in [0, 0.05) is 19.5 Å². The van der Waals surface area contributed by atoms with Gasteiger partial charge in [-0.05, 0) is 60.7 Å². The lowest BCUT2D eigenvalue weighted by Crippen LogP contribution is -2.53. The van der Waals surface area contributed by atoms with E-state index in [2.05, 4.69) is 5.32 Å². The Morgan fingerprint density at radius 1 is 0.773 bits per heavy atom. The molecule has 0 heterocycles. The largest absolute Gasteiger partial charge is 0.354 e. The SMILES string of the molecule is CCCCNC(=O)C(Cc1ccccc1)N(Cc1ccccc1)C(=O)CN(c1cccc(C)c1C)S(=O)(=O)c1ccccc1. The van der Waals surface area contributed by atoms with Gasteiger partial charge in [0.15, 0.2) is 0 Å². The van der Waals surface area contributed by atoms with E-state index in [1.807, 2.05) is 87.5 Å². The van der Waals surface area contributed by atoms with E-state index < -0.39 is 28.5 Å². The van der Waals surface area contributed by atoms with Gasteiger partial charge in [-0.1, -0.05) is 104 Å². The van der Waals surface area contributed by atoms with Crippen molar-refractivity contribution in [3.63, 3.8) is 0 Å². The molecule has 0 bridgehead atoms. The average molecular weight is 612 g/mol. The van der Waals surface area contributed by atoms with Gasteiger partial charge >= 0.3 is 0 Å². The van der Waals surface area contributed by atoms with E-state index >= 15 is 0 Å². The van der Waals surface area contributed by atoms with Gasteiger partial charge in [0.2, 0.25) is 11.8 Å². The fraction of sp³-hybridized carbons (Fsp3) is 0.278. The van der Waals surface area contributed by atoms with Crippen LogP contribution in [0.1, 0.15) is 42.0 Å². The Balaban J connectivity index is 1.80. The summed E-state index contributed by atoms with van der Waals surface area (Å²) >= 11 is 0. The van der Waals surface area contributed by atoms with Gasteiger partial charge in [-0.3, -0.25) is 13.9 Å². The van der Waals surface area contributed by atoms with Crippen molar-refractivity contribution in [2.75, 3.05) is 17.4 Å². The van der Waals surface area contributed by atoms with Crippen molar-refractivity contribution in [1.82, 2.24) is 10.2 Å². The maximum Gasteiger partial charge on any atom is 0.264 e. The number of carbonyl (C=O) groups excluding carboxylic acids is 2. The lowest BCUT2D eigenvalue weighted by molar-refractivity contribution is -0.140. The van der Waals surface area contributed by atoms with Crippen molar-refractivity contribution in [2.24, 2.45) is 0 Å². The van der Waals surface area contributed by atoms with Crippen LogP contribution in [0.4, 0.5) is 5.69 Å². The number of amides is 2. The number of nitrogens with one attached hydrogen (secondary N) is 1. The van der Waals surface area contributed by atoms with Gasteiger partial charge in [0.1, 0.15) is 12.6 Å². The second-order valence-corrected chi connectivity index (χ2v) is 12.8. The maximum atomic E-state index is 14.5. The van der Waals surface area contributed by atoms with E-state index in [1.54, 1.807) is 30.3 Å². The molecule has 0 radical (unpaired) electrons. The van der Waals surface area contributed by atoms with Crippen molar-refractivity contribution in [3.05, 3.63) is 131 Å². The highest BCUT2D eigenvalue weighted by atomic mass is 32.2. The molecule has 44 heavy (non-hydrogen) atoms. The fourth-order valence-electron chi connectivity index (χ4n) is 5.08. The highest BCUT2D eigenvalue weighted by molar-refractivity contribution is 7.92. The molecule has 0 aliphatic carbocycles. The molecule has 0 aromatic heterocycles. The Bertz CT molecular complexity index is 1630. The Labute approximate surface area is 261 Å². The average Bonchev–Trinajstić information content (AvgIpc) is 3.04. The Hall–Kier alpha value is -4.43. The molecule has 1 unspecified atom stereocenters. The van der Waals surface area contributed by atoms with Crippen LogP contribution in [0.15, 0.2) is 114 Å². The van der Waals surface area contributed by atoms with Gasteiger partial charge in [-0.15, -0.1) is 0 Å². The van der Waals surface area contributed by atoms with Crippen molar-refractivity contribution in [1.29, 1.82) is 0 Å². The number of carbonyl (C=O) groups is 2. The van der Waals surface area contributed by atoms with E-state index in [0.29, 0.717) is 12.2 Å². The third kappa shape index (κ3) is 8.14. The zero-order valence-electron chi connectivity index (χ0n) is 25.6. The Morgan fingerprint density at radius 2 is 1.36 bits per heavy atom. The molecule has 0 spiro atoms. The van der Waals surface area contributed by atoms with Gasteiger partial charge in [0.25, 0.3) is 10.0 Å². The van der Waals surface area contributed by atoms with Crippen LogP contribution in [-0.4, -0.2) is 44.3 Å². The lowest BCUT2D eigenvalue weighted by atomic mass is 10.0. The molecule has 4 aromatic carbocycles. The predicted octanol–water partition coefficient (Wildman–Crippen LogP) is 6.06. The molecule has 8 heteroatoms. The summed E-state index contributed by atoms with van der Waals surface area (Å²) < 4.78 is 29.5. The monoisotopic (exact) mass is 611 g/mol. The van der Waals surface area contributed by atoms with E-state index in [9.17, 15) is 18.0 Å². The zero-order valence-corrected chi connectivity index (χ0v) is 26.5. The standard InChI is InChI=1S/C36H41N3O4S/c1-4-5-24-37-36(41)34(25-30-17-9-6-10-18-30)38(26-31-19-11-7-12-20-31)35(40)27-39(33-23-15-16-28(2)29(33)3)44(42,43)32-21-13-8-14-22-32/h6-23,34H,4-5,24-27H2,1-3H3,(H,37,41). The Kier molecular flexibility index (Phi) is 11.3. The third-order valence-corrected chi connectivity index (χ3v) is 9.53. The van der Waals surface area contributed by atoms with Crippen molar-refractivity contribution < 1.29 is 18.0 Å². The number of anilines is 1. The quantitative estimate of drug-likeness (QED) is 0.176. The van der Waals surface area contributed by atoms with Crippen LogP contribution in [0, 0.1) is 13.8 Å². The molecule has 4 rings (SSSR count). The van der Waals surface area contributed by atoms with Crippen LogP contribution in [-0.2, 0) is 32.6 Å². The van der Waals surface area contributed by atoms with Crippen LogP contribution in [0.25, 0.3) is 0 Å². The molecule has 1 N–H and O–H groups in total. The molecule has 7 nitrogen and oxygen atoms in total. The molecular formula is C36H41N3O4S. The van der Waals surface area contributed by atoms with E-state index in [4.69, 9.17) is 0 Å². The topological polar surface area (TPSA) is 86.8 Å². The number of sulfonamides is 1. The molecule has 0 aliphatic heterocycles. The van der Waals surface area contributed by atoms with Gasteiger partial charge in [-0.2, -0.15) is 0 Å². The third-order valence-electron chi connectivity index (χ3n) is 7.75. The second-order valence-electron chi connectivity index (χ2n) is 10.9. The van der Waals surface area contributed by atoms with Gasteiger partial charge in [-0.25, -0.2) is 8.42 Å². The molecular weight excluding hydrogens is 570 g/mol.